The fourth-order valence-electron chi connectivity index (χ4n) is 3.84. The van der Waals surface area contributed by atoms with Crippen molar-refractivity contribution in [2.24, 2.45) is 0 Å². The zero-order valence-electron chi connectivity index (χ0n) is 17.7. The Morgan fingerprint density at radius 1 is 0.966 bits per heavy atom. The Bertz CT molecular complexity index is 788. The third-order valence-electron chi connectivity index (χ3n) is 5.43. The summed E-state index contributed by atoms with van der Waals surface area (Å²) in [5.74, 6) is 0. The number of nitrogens with zero attached hydrogens (tertiary/aromatic N) is 1. The van der Waals surface area contributed by atoms with Crippen molar-refractivity contribution in [1.29, 1.82) is 0 Å². The van der Waals surface area contributed by atoms with Crippen LogP contribution < -0.4 is 4.72 Å². The van der Waals surface area contributed by atoms with Gasteiger partial charge in [-0.3, -0.25) is 4.90 Å². The molecule has 3 rings (SSSR count). The summed E-state index contributed by atoms with van der Waals surface area (Å²) in [7, 11) is 0. The Kier molecular flexibility index (Phi) is 8.66. The second-order valence-corrected chi connectivity index (χ2v) is 9.07. The zero-order valence-corrected chi connectivity index (χ0v) is 18.5. The van der Waals surface area contributed by atoms with Crippen LogP contribution in [-0.2, 0) is 19.4 Å². The molecule has 0 saturated carbocycles. The normalized spacial score (nSPS) is 16.1. The van der Waals surface area contributed by atoms with E-state index in [9.17, 15) is 5.11 Å². The molecule has 1 atom stereocenters. The van der Waals surface area contributed by atoms with Crippen molar-refractivity contribution in [2.75, 3.05) is 19.7 Å². The molecule has 1 aliphatic rings. The highest BCUT2D eigenvalue weighted by Crippen LogP contribution is 2.25. The molecule has 0 aromatic heterocycles. The molecule has 0 bridgehead atoms. The average Bonchev–Trinajstić information content (AvgIpc) is 3.13. The summed E-state index contributed by atoms with van der Waals surface area (Å²) < 4.78 is 3.36. The molecule has 1 unspecified atom stereocenters. The molecule has 1 heterocycles. The predicted molar refractivity (Wildman–Crippen MR) is 125 cm³/mol. The average molecular weight is 411 g/mol. The predicted octanol–water partition coefficient (Wildman–Crippen LogP) is 4.88. The van der Waals surface area contributed by atoms with Gasteiger partial charge in [0.25, 0.3) is 0 Å². The summed E-state index contributed by atoms with van der Waals surface area (Å²) in [6.07, 6.45) is 6.49. The molecule has 0 amide bonds. The van der Waals surface area contributed by atoms with Crippen LogP contribution in [0.3, 0.4) is 0 Å². The van der Waals surface area contributed by atoms with Crippen molar-refractivity contribution in [3.8, 4) is 0 Å². The minimum atomic E-state index is 0.257. The second-order valence-electron chi connectivity index (χ2n) is 8.02. The molecule has 2 N–H and O–H groups in total. The molecule has 29 heavy (non-hydrogen) atoms. The zero-order chi connectivity index (χ0) is 20.5. The summed E-state index contributed by atoms with van der Waals surface area (Å²) in [6.45, 7) is 7.47. The number of aliphatic hydroxyl groups excluding tert-OH is 1. The summed E-state index contributed by atoms with van der Waals surface area (Å²) in [6, 6.07) is 17.7. The first-order valence-electron chi connectivity index (χ1n) is 10.7. The molecule has 156 valence electrons. The number of hydrogen-bond acceptors (Lipinski definition) is 4. The van der Waals surface area contributed by atoms with E-state index in [1.54, 1.807) is 0 Å². The van der Waals surface area contributed by atoms with E-state index in [2.05, 4.69) is 78.1 Å². The summed E-state index contributed by atoms with van der Waals surface area (Å²) in [4.78, 5) is 2.48. The first-order chi connectivity index (χ1) is 14.1. The molecule has 0 aliphatic carbocycles. The summed E-state index contributed by atoms with van der Waals surface area (Å²) in [5.41, 5.74) is 6.87. The molecule has 2 aromatic carbocycles. The standard InChI is InChI=1S/C25H34N2OS/c1-20-10-12-22(13-11-20)19-27(15-6-16-28)14-5-9-23-7-3-4-8-24(23)18-25-17-21(2)26-29-25/h3-4,7-8,10-13,17,25-26,28H,5-6,9,14-16,18-19H2,1-2H3. The molecule has 2 aromatic rings. The van der Waals surface area contributed by atoms with Crippen LogP contribution >= 0.6 is 11.9 Å². The van der Waals surface area contributed by atoms with Gasteiger partial charge in [-0.05, 0) is 80.8 Å². The van der Waals surface area contributed by atoms with Crippen LogP contribution in [0.5, 0.6) is 0 Å². The van der Waals surface area contributed by atoms with Crippen molar-refractivity contribution >= 4 is 11.9 Å². The number of benzene rings is 2. The molecule has 0 saturated heterocycles. The van der Waals surface area contributed by atoms with Gasteiger partial charge in [0.2, 0.25) is 0 Å². The minimum absolute atomic E-state index is 0.257. The van der Waals surface area contributed by atoms with Crippen LogP contribution in [-0.4, -0.2) is 35.0 Å². The van der Waals surface area contributed by atoms with E-state index in [0.717, 1.165) is 45.3 Å². The second kappa shape index (κ2) is 11.4. The first-order valence-corrected chi connectivity index (χ1v) is 11.6. The molecule has 0 radical (unpaired) electrons. The van der Waals surface area contributed by atoms with E-state index >= 15 is 0 Å². The molecular formula is C25H34N2OS. The van der Waals surface area contributed by atoms with E-state index in [1.165, 1.54) is 28.0 Å². The van der Waals surface area contributed by atoms with E-state index in [0.29, 0.717) is 5.25 Å². The Morgan fingerprint density at radius 2 is 1.69 bits per heavy atom. The van der Waals surface area contributed by atoms with Gasteiger partial charge in [0, 0.05) is 30.6 Å². The smallest absolute Gasteiger partial charge is 0.0485 e. The van der Waals surface area contributed by atoms with Crippen LogP contribution in [0.2, 0.25) is 0 Å². The van der Waals surface area contributed by atoms with Gasteiger partial charge in [0.05, 0.1) is 0 Å². The van der Waals surface area contributed by atoms with E-state index in [4.69, 9.17) is 0 Å². The number of allylic oxidation sites excluding steroid dienone is 1. The van der Waals surface area contributed by atoms with E-state index in [-0.39, 0.29) is 6.61 Å². The molecule has 0 spiro atoms. The van der Waals surface area contributed by atoms with Crippen LogP contribution in [0.4, 0.5) is 0 Å². The molecule has 3 nitrogen and oxygen atoms in total. The summed E-state index contributed by atoms with van der Waals surface area (Å²) >= 11 is 1.82. The summed E-state index contributed by atoms with van der Waals surface area (Å²) in [5, 5.41) is 9.80. The molecular weight excluding hydrogens is 376 g/mol. The van der Waals surface area contributed by atoms with Gasteiger partial charge < -0.3 is 9.83 Å². The molecule has 4 heteroatoms. The third-order valence-corrected chi connectivity index (χ3v) is 6.47. The highest BCUT2D eigenvalue weighted by atomic mass is 32.2. The van der Waals surface area contributed by atoms with E-state index in [1.807, 2.05) is 11.9 Å². The lowest BCUT2D eigenvalue weighted by molar-refractivity contribution is 0.216. The number of nitrogens with one attached hydrogen (secondary N) is 1. The molecule has 1 aliphatic heterocycles. The van der Waals surface area contributed by atoms with Crippen molar-refractivity contribution < 1.29 is 5.11 Å². The number of hydrogen-bond donors (Lipinski definition) is 2. The monoisotopic (exact) mass is 410 g/mol. The SMILES string of the molecule is CC1=CC(Cc2ccccc2CCCN(CCCO)Cc2ccc(C)cc2)SN1. The van der Waals surface area contributed by atoms with Gasteiger partial charge >= 0.3 is 0 Å². The lowest BCUT2D eigenvalue weighted by Gasteiger charge is -2.22. The molecule has 0 fully saturated rings. The van der Waals surface area contributed by atoms with Crippen molar-refractivity contribution in [2.45, 2.75) is 51.3 Å². The fraction of sp³-hybridized carbons (Fsp3) is 0.440. The maximum atomic E-state index is 9.27. The van der Waals surface area contributed by atoms with Crippen molar-refractivity contribution in [3.63, 3.8) is 0 Å². The van der Waals surface area contributed by atoms with Gasteiger partial charge in [-0.25, -0.2) is 0 Å². The Balaban J connectivity index is 1.55. The maximum Gasteiger partial charge on any atom is 0.0485 e. The lowest BCUT2D eigenvalue weighted by Crippen LogP contribution is -2.26. The maximum absolute atomic E-state index is 9.27. The van der Waals surface area contributed by atoms with Crippen LogP contribution in [0.15, 0.2) is 60.3 Å². The lowest BCUT2D eigenvalue weighted by atomic mass is 9.98. The first kappa shape index (κ1) is 21.9. The van der Waals surface area contributed by atoms with Gasteiger partial charge in [0.1, 0.15) is 0 Å². The Labute approximate surface area is 180 Å². The quantitative estimate of drug-likeness (QED) is 0.518. The number of aliphatic hydroxyl groups is 1. The number of aryl methyl sites for hydroxylation is 2. The van der Waals surface area contributed by atoms with Gasteiger partial charge in [-0.2, -0.15) is 0 Å². The van der Waals surface area contributed by atoms with Crippen LogP contribution in [0.1, 0.15) is 42.0 Å². The van der Waals surface area contributed by atoms with Crippen LogP contribution in [0, 0.1) is 6.92 Å². The van der Waals surface area contributed by atoms with E-state index < -0.39 is 0 Å². The van der Waals surface area contributed by atoms with Crippen molar-refractivity contribution in [1.82, 2.24) is 9.62 Å². The Hall–Kier alpha value is -1.75. The largest absolute Gasteiger partial charge is 0.396 e. The van der Waals surface area contributed by atoms with Crippen LogP contribution in [0.25, 0.3) is 0 Å². The van der Waals surface area contributed by atoms with Gasteiger partial charge in [-0.15, -0.1) is 0 Å². The third kappa shape index (κ3) is 7.22. The topological polar surface area (TPSA) is 35.5 Å². The minimum Gasteiger partial charge on any atom is -0.396 e. The van der Waals surface area contributed by atoms with Gasteiger partial charge in [-0.1, -0.05) is 54.1 Å². The fourth-order valence-corrected chi connectivity index (χ4v) is 4.78. The highest BCUT2D eigenvalue weighted by Gasteiger charge is 2.16. The van der Waals surface area contributed by atoms with Crippen molar-refractivity contribution in [3.05, 3.63) is 82.6 Å². The Morgan fingerprint density at radius 3 is 2.38 bits per heavy atom. The highest BCUT2D eigenvalue weighted by molar-refractivity contribution is 7.98. The number of rotatable bonds is 11. The van der Waals surface area contributed by atoms with Gasteiger partial charge in [0.15, 0.2) is 0 Å².